The van der Waals surface area contributed by atoms with Gasteiger partial charge in [-0.1, -0.05) is 23.7 Å². The highest BCUT2D eigenvalue weighted by Crippen LogP contribution is 2.40. The molecule has 0 spiro atoms. The quantitative estimate of drug-likeness (QED) is 0.208. The van der Waals surface area contributed by atoms with Crippen molar-refractivity contribution in [1.29, 1.82) is 0 Å². The van der Waals surface area contributed by atoms with Crippen molar-refractivity contribution in [2.45, 2.75) is 46.0 Å². The van der Waals surface area contributed by atoms with E-state index in [2.05, 4.69) is 15.4 Å². The zero-order valence-corrected chi connectivity index (χ0v) is 19.7. The summed E-state index contributed by atoms with van der Waals surface area (Å²) < 4.78 is 5.05. The molecule has 1 aromatic carbocycles. The Morgan fingerprint density at radius 3 is 2.58 bits per heavy atom. The van der Waals surface area contributed by atoms with E-state index in [9.17, 15) is 14.9 Å². The first kappa shape index (κ1) is 24.4. The highest BCUT2D eigenvalue weighted by atomic mass is 16.6. The first-order chi connectivity index (χ1) is 15.8. The van der Waals surface area contributed by atoms with Crippen molar-refractivity contribution in [1.82, 2.24) is 10.2 Å². The maximum absolute atomic E-state index is 12.7. The molecule has 2 aliphatic heterocycles. The van der Waals surface area contributed by atoms with E-state index in [1.807, 2.05) is 13.8 Å². The summed E-state index contributed by atoms with van der Waals surface area (Å²) in [7, 11) is 1.32. The number of benzene rings is 1. The lowest BCUT2D eigenvalue weighted by molar-refractivity contribution is -0.384. The van der Waals surface area contributed by atoms with Crippen LogP contribution in [0.5, 0.6) is 0 Å². The minimum Gasteiger partial charge on any atom is -0.466 e. The van der Waals surface area contributed by atoms with Gasteiger partial charge < -0.3 is 14.9 Å². The fourth-order valence-corrected chi connectivity index (χ4v) is 4.55. The van der Waals surface area contributed by atoms with Crippen molar-refractivity contribution in [3.8, 4) is 0 Å². The highest BCUT2D eigenvalue weighted by molar-refractivity contribution is 6.04. The Kier molecular flexibility index (Phi) is 8.21. The molecule has 1 unspecified atom stereocenters. The van der Waals surface area contributed by atoms with Crippen LogP contribution in [0.4, 0.5) is 5.69 Å². The number of nitro benzene ring substituents is 1. The molecule has 0 aromatic heterocycles. The Balaban J connectivity index is 1.91. The number of nitrogens with zero attached hydrogens (tertiary/aromatic N) is 3. The fraction of sp³-hybridized carbons (Fsp3) is 0.500. The number of ether oxygens (including phenoxy) is 1. The second-order valence-corrected chi connectivity index (χ2v) is 8.39. The predicted molar refractivity (Wildman–Crippen MR) is 126 cm³/mol. The second-order valence-electron chi connectivity index (χ2n) is 8.39. The van der Waals surface area contributed by atoms with Gasteiger partial charge in [-0.3, -0.25) is 15.0 Å². The van der Waals surface area contributed by atoms with Crippen molar-refractivity contribution < 1.29 is 19.3 Å². The van der Waals surface area contributed by atoms with Crippen LogP contribution in [0.2, 0.25) is 0 Å². The molecule has 0 bridgehead atoms. The number of oxime groups is 1. The lowest BCUT2D eigenvalue weighted by Gasteiger charge is -2.31. The van der Waals surface area contributed by atoms with E-state index in [0.717, 1.165) is 30.9 Å². The van der Waals surface area contributed by atoms with Crippen LogP contribution in [0.15, 0.2) is 52.0 Å². The molecule has 1 aromatic rings. The lowest BCUT2D eigenvalue weighted by Crippen LogP contribution is -2.32. The fourth-order valence-electron chi connectivity index (χ4n) is 4.55. The Labute approximate surface area is 194 Å². The number of likely N-dealkylation sites (tertiary alicyclic amines) is 1. The smallest absolute Gasteiger partial charge is 0.336 e. The van der Waals surface area contributed by atoms with Crippen LogP contribution >= 0.6 is 0 Å². The number of carbonyl (C=O) groups excluding carboxylic acids is 1. The van der Waals surface area contributed by atoms with Crippen LogP contribution in [0.25, 0.3) is 0 Å². The van der Waals surface area contributed by atoms with Gasteiger partial charge in [0.1, 0.15) is 6.61 Å². The SMILES string of the molecule is COC(=O)C1=C(C)NC(C)=C(C(C)=NOCCN2CCCCC2)C1c1cccc([N+](=O)[O-])c1. The van der Waals surface area contributed by atoms with Crippen molar-refractivity contribution in [2.75, 3.05) is 33.4 Å². The summed E-state index contributed by atoms with van der Waals surface area (Å²) in [6.07, 6.45) is 3.71. The van der Waals surface area contributed by atoms with Gasteiger partial charge in [0.15, 0.2) is 0 Å². The van der Waals surface area contributed by atoms with Crippen LogP contribution < -0.4 is 5.32 Å². The molecule has 0 saturated carbocycles. The third kappa shape index (κ3) is 5.78. The van der Waals surface area contributed by atoms with E-state index >= 15 is 0 Å². The highest BCUT2D eigenvalue weighted by Gasteiger charge is 2.35. The van der Waals surface area contributed by atoms with E-state index < -0.39 is 16.8 Å². The van der Waals surface area contributed by atoms with Gasteiger partial charge in [-0.25, -0.2) is 4.79 Å². The van der Waals surface area contributed by atoms with Crippen molar-refractivity contribution in [3.63, 3.8) is 0 Å². The third-order valence-corrected chi connectivity index (χ3v) is 6.12. The summed E-state index contributed by atoms with van der Waals surface area (Å²) in [6.45, 7) is 8.96. The number of esters is 1. The number of hydrogen-bond donors (Lipinski definition) is 1. The van der Waals surface area contributed by atoms with Gasteiger partial charge in [0, 0.05) is 41.6 Å². The summed E-state index contributed by atoms with van der Waals surface area (Å²) in [6, 6.07) is 6.31. The van der Waals surface area contributed by atoms with Gasteiger partial charge >= 0.3 is 5.97 Å². The number of piperidine rings is 1. The summed E-state index contributed by atoms with van der Waals surface area (Å²) in [5.74, 6) is -1.08. The minimum atomic E-state index is -0.576. The lowest BCUT2D eigenvalue weighted by atomic mass is 9.78. The molecule has 2 heterocycles. The number of hydrogen-bond acceptors (Lipinski definition) is 8. The monoisotopic (exact) mass is 456 g/mol. The molecule has 0 aliphatic carbocycles. The molecule has 2 aliphatic rings. The first-order valence-corrected chi connectivity index (χ1v) is 11.2. The number of rotatable bonds is 8. The van der Waals surface area contributed by atoms with Crippen LogP contribution in [-0.2, 0) is 14.4 Å². The minimum absolute atomic E-state index is 0.0442. The molecular formula is C24H32N4O5. The van der Waals surface area contributed by atoms with E-state index in [0.29, 0.717) is 29.2 Å². The summed E-state index contributed by atoms with van der Waals surface area (Å²) in [5.41, 5.74) is 3.74. The largest absolute Gasteiger partial charge is 0.466 e. The van der Waals surface area contributed by atoms with E-state index in [-0.39, 0.29) is 5.69 Å². The zero-order chi connectivity index (χ0) is 24.0. The number of allylic oxidation sites excluding steroid dienone is 3. The van der Waals surface area contributed by atoms with Gasteiger partial charge in [-0.05, 0) is 52.3 Å². The Bertz CT molecular complexity index is 992. The van der Waals surface area contributed by atoms with Gasteiger partial charge in [0.05, 0.1) is 23.3 Å². The first-order valence-electron chi connectivity index (χ1n) is 11.2. The van der Waals surface area contributed by atoms with Crippen LogP contribution in [0.1, 0.15) is 51.5 Å². The molecule has 178 valence electrons. The maximum Gasteiger partial charge on any atom is 0.336 e. The number of nitro groups is 1. The van der Waals surface area contributed by atoms with Crippen LogP contribution in [0.3, 0.4) is 0 Å². The van der Waals surface area contributed by atoms with Gasteiger partial charge in [-0.2, -0.15) is 0 Å². The van der Waals surface area contributed by atoms with Crippen molar-refractivity contribution in [3.05, 3.63) is 62.5 Å². The molecule has 1 fully saturated rings. The number of nitrogens with one attached hydrogen (secondary N) is 1. The van der Waals surface area contributed by atoms with E-state index in [4.69, 9.17) is 9.57 Å². The Hall–Kier alpha value is -3.20. The molecule has 1 N–H and O–H groups in total. The van der Waals surface area contributed by atoms with Crippen molar-refractivity contribution >= 4 is 17.4 Å². The average Bonchev–Trinajstić information content (AvgIpc) is 2.81. The number of carbonyl (C=O) groups is 1. The van der Waals surface area contributed by atoms with E-state index in [1.165, 1.54) is 38.5 Å². The number of methoxy groups -OCH3 is 1. The molecule has 1 atom stereocenters. The molecule has 1 saturated heterocycles. The number of dihydropyridines is 1. The molecule has 3 rings (SSSR count). The van der Waals surface area contributed by atoms with E-state index in [1.54, 1.807) is 19.1 Å². The maximum atomic E-state index is 12.7. The normalized spacial score (nSPS) is 19.9. The van der Waals surface area contributed by atoms with Gasteiger partial charge in [-0.15, -0.1) is 0 Å². The van der Waals surface area contributed by atoms with Crippen LogP contribution in [0, 0.1) is 10.1 Å². The van der Waals surface area contributed by atoms with Crippen molar-refractivity contribution in [2.24, 2.45) is 5.16 Å². The molecule has 0 amide bonds. The molecular weight excluding hydrogens is 424 g/mol. The van der Waals surface area contributed by atoms with Gasteiger partial charge in [0.25, 0.3) is 5.69 Å². The molecule has 9 heteroatoms. The second kappa shape index (κ2) is 11.1. The third-order valence-electron chi connectivity index (χ3n) is 6.12. The Morgan fingerprint density at radius 2 is 1.91 bits per heavy atom. The standard InChI is InChI=1S/C24H32N4O5/c1-16-21(18(3)26-33-14-13-27-11-6-5-7-12-27)23(22(17(2)25-16)24(29)32-4)19-9-8-10-20(15-19)28(30)31/h8-10,15,23,25H,5-7,11-14H2,1-4H3. The Morgan fingerprint density at radius 1 is 1.21 bits per heavy atom. The summed E-state index contributed by atoms with van der Waals surface area (Å²) >= 11 is 0. The number of non-ortho nitro benzene ring substituents is 1. The summed E-state index contributed by atoms with van der Waals surface area (Å²) in [5, 5.41) is 19.0. The predicted octanol–water partition coefficient (Wildman–Crippen LogP) is 3.88. The molecule has 9 nitrogen and oxygen atoms in total. The molecule has 0 radical (unpaired) electrons. The average molecular weight is 457 g/mol. The topological polar surface area (TPSA) is 106 Å². The zero-order valence-electron chi connectivity index (χ0n) is 19.7. The van der Waals surface area contributed by atoms with Gasteiger partial charge in [0.2, 0.25) is 0 Å². The molecule has 33 heavy (non-hydrogen) atoms. The van der Waals surface area contributed by atoms with Crippen LogP contribution in [-0.4, -0.2) is 54.9 Å². The summed E-state index contributed by atoms with van der Waals surface area (Å²) in [4.78, 5) is 31.7.